The Morgan fingerprint density at radius 3 is 2.84 bits per heavy atom. The van der Waals surface area contributed by atoms with Gasteiger partial charge in [-0.15, -0.1) is 5.10 Å². The van der Waals surface area contributed by atoms with Crippen molar-refractivity contribution in [2.75, 3.05) is 31.6 Å². The molecule has 2 aliphatic rings. The summed E-state index contributed by atoms with van der Waals surface area (Å²) < 4.78 is 7.27. The van der Waals surface area contributed by atoms with E-state index in [0.717, 1.165) is 47.5 Å². The SMILES string of the molecule is COc1cncc(-c2cn(Cc3ccc(N4CCC[C@@H](NCC5CCC5)C4)nn3)cn2)c1. The minimum atomic E-state index is 0.557. The molecular formula is C24H31N7O. The molecule has 1 aliphatic carbocycles. The van der Waals surface area contributed by atoms with Gasteiger partial charge in [-0.05, 0) is 56.3 Å². The molecule has 0 spiro atoms. The van der Waals surface area contributed by atoms with Crippen LogP contribution in [-0.2, 0) is 6.54 Å². The first-order valence-electron chi connectivity index (χ1n) is 11.6. The van der Waals surface area contributed by atoms with Gasteiger partial charge < -0.3 is 19.5 Å². The van der Waals surface area contributed by atoms with Crippen molar-refractivity contribution in [1.29, 1.82) is 0 Å². The lowest BCUT2D eigenvalue weighted by atomic mass is 9.85. The first kappa shape index (κ1) is 20.9. The first-order valence-corrected chi connectivity index (χ1v) is 11.6. The zero-order valence-electron chi connectivity index (χ0n) is 18.7. The van der Waals surface area contributed by atoms with Gasteiger partial charge in [-0.2, -0.15) is 5.10 Å². The minimum absolute atomic E-state index is 0.557. The van der Waals surface area contributed by atoms with Crippen LogP contribution < -0.4 is 15.0 Å². The summed E-state index contributed by atoms with van der Waals surface area (Å²) in [6.07, 6.45) is 13.9. The molecule has 0 bridgehead atoms. The van der Waals surface area contributed by atoms with Crippen LogP contribution in [0.15, 0.2) is 43.1 Å². The van der Waals surface area contributed by atoms with Crippen molar-refractivity contribution in [3.63, 3.8) is 0 Å². The van der Waals surface area contributed by atoms with Gasteiger partial charge in [0.1, 0.15) is 5.75 Å². The largest absolute Gasteiger partial charge is 0.495 e. The minimum Gasteiger partial charge on any atom is -0.495 e. The van der Waals surface area contributed by atoms with Crippen LogP contribution >= 0.6 is 0 Å². The van der Waals surface area contributed by atoms with E-state index in [-0.39, 0.29) is 0 Å². The van der Waals surface area contributed by atoms with Gasteiger partial charge in [0, 0.05) is 37.1 Å². The molecule has 0 unspecified atom stereocenters. The molecule has 2 fully saturated rings. The summed E-state index contributed by atoms with van der Waals surface area (Å²) in [6, 6.07) is 6.66. The molecular weight excluding hydrogens is 402 g/mol. The van der Waals surface area contributed by atoms with Crippen molar-refractivity contribution in [1.82, 2.24) is 30.0 Å². The van der Waals surface area contributed by atoms with Crippen molar-refractivity contribution in [3.05, 3.63) is 48.8 Å². The Morgan fingerprint density at radius 2 is 2.06 bits per heavy atom. The zero-order valence-corrected chi connectivity index (χ0v) is 18.7. The van der Waals surface area contributed by atoms with Gasteiger partial charge in [-0.25, -0.2) is 4.98 Å². The Hall–Kier alpha value is -3.00. The van der Waals surface area contributed by atoms with Crippen LogP contribution in [0.3, 0.4) is 0 Å². The van der Waals surface area contributed by atoms with E-state index >= 15 is 0 Å². The number of methoxy groups -OCH3 is 1. The fourth-order valence-corrected chi connectivity index (χ4v) is 4.44. The second-order valence-corrected chi connectivity index (χ2v) is 8.92. The molecule has 1 saturated carbocycles. The maximum atomic E-state index is 5.25. The number of piperidine rings is 1. The first-order chi connectivity index (χ1) is 15.8. The molecule has 0 aromatic carbocycles. The summed E-state index contributed by atoms with van der Waals surface area (Å²) in [5.41, 5.74) is 2.70. The highest BCUT2D eigenvalue weighted by molar-refractivity contribution is 5.58. The number of ether oxygens (including phenoxy) is 1. The summed E-state index contributed by atoms with van der Waals surface area (Å²) in [4.78, 5) is 11.1. The number of aromatic nitrogens is 5. The Labute approximate surface area is 189 Å². The van der Waals surface area contributed by atoms with Gasteiger partial charge in [-0.1, -0.05) is 6.42 Å². The lowest BCUT2D eigenvalue weighted by Crippen LogP contribution is -2.47. The van der Waals surface area contributed by atoms with Gasteiger partial charge in [0.05, 0.1) is 37.6 Å². The van der Waals surface area contributed by atoms with E-state index in [0.29, 0.717) is 12.6 Å². The van der Waals surface area contributed by atoms with Crippen molar-refractivity contribution >= 4 is 5.82 Å². The summed E-state index contributed by atoms with van der Waals surface area (Å²) in [5.74, 6) is 2.59. The molecule has 1 atom stereocenters. The third-order valence-corrected chi connectivity index (χ3v) is 6.59. The maximum absolute atomic E-state index is 5.25. The molecule has 5 rings (SSSR count). The molecule has 0 radical (unpaired) electrons. The fraction of sp³-hybridized carbons (Fsp3) is 0.500. The second kappa shape index (κ2) is 9.65. The van der Waals surface area contributed by atoms with E-state index in [1.165, 1.54) is 38.6 Å². The quantitative estimate of drug-likeness (QED) is 0.584. The molecule has 1 N–H and O–H groups in total. The Bertz CT molecular complexity index is 1020. The summed E-state index contributed by atoms with van der Waals surface area (Å²) in [6.45, 7) is 3.86. The average molecular weight is 434 g/mol. The van der Waals surface area contributed by atoms with Gasteiger partial charge in [0.15, 0.2) is 5.82 Å². The number of pyridine rings is 1. The van der Waals surface area contributed by atoms with Gasteiger partial charge in [-0.3, -0.25) is 4.98 Å². The number of hydrogen-bond donors (Lipinski definition) is 1. The van der Waals surface area contributed by atoms with Crippen LogP contribution in [0.2, 0.25) is 0 Å². The predicted molar refractivity (Wildman–Crippen MR) is 124 cm³/mol. The van der Waals surface area contributed by atoms with Crippen molar-refractivity contribution < 1.29 is 4.74 Å². The standard InChI is InChI=1S/C24H31N7O/c1-32-22-10-19(12-25-13-22)23-16-30(17-27-23)14-21-7-8-24(29-28-21)31-9-3-6-20(15-31)26-11-18-4-2-5-18/h7-8,10,12-13,16-18,20,26H,2-6,9,11,14-15H2,1H3/t20-/m1/s1. The summed E-state index contributed by atoms with van der Waals surface area (Å²) in [7, 11) is 1.64. The predicted octanol–water partition coefficient (Wildman–Crippen LogP) is 3.15. The smallest absolute Gasteiger partial charge is 0.151 e. The Morgan fingerprint density at radius 1 is 1.12 bits per heavy atom. The highest BCUT2D eigenvalue weighted by Crippen LogP contribution is 2.26. The molecule has 1 saturated heterocycles. The van der Waals surface area contributed by atoms with E-state index in [2.05, 4.69) is 42.5 Å². The van der Waals surface area contributed by atoms with Crippen molar-refractivity contribution in [2.24, 2.45) is 5.92 Å². The monoisotopic (exact) mass is 433 g/mol. The topological polar surface area (TPSA) is 81.0 Å². The third-order valence-electron chi connectivity index (χ3n) is 6.59. The summed E-state index contributed by atoms with van der Waals surface area (Å²) >= 11 is 0. The number of anilines is 1. The molecule has 8 heteroatoms. The van der Waals surface area contributed by atoms with Gasteiger partial charge in [0.2, 0.25) is 0 Å². The maximum Gasteiger partial charge on any atom is 0.151 e. The van der Waals surface area contributed by atoms with E-state index in [1.807, 2.05) is 23.2 Å². The molecule has 0 amide bonds. The number of nitrogens with one attached hydrogen (secondary N) is 1. The Kier molecular flexibility index (Phi) is 6.29. The van der Waals surface area contributed by atoms with Crippen molar-refractivity contribution in [3.8, 4) is 17.0 Å². The van der Waals surface area contributed by atoms with Crippen LogP contribution in [0.5, 0.6) is 5.75 Å². The van der Waals surface area contributed by atoms with Crippen LogP contribution in [0.1, 0.15) is 37.8 Å². The van der Waals surface area contributed by atoms with Crippen molar-refractivity contribution in [2.45, 2.75) is 44.7 Å². The van der Waals surface area contributed by atoms with Gasteiger partial charge >= 0.3 is 0 Å². The molecule has 1 aliphatic heterocycles. The van der Waals surface area contributed by atoms with E-state index in [1.54, 1.807) is 19.5 Å². The van der Waals surface area contributed by atoms with Crippen LogP contribution in [-0.4, -0.2) is 57.5 Å². The van der Waals surface area contributed by atoms with E-state index < -0.39 is 0 Å². The highest BCUT2D eigenvalue weighted by atomic mass is 16.5. The highest BCUT2D eigenvalue weighted by Gasteiger charge is 2.23. The van der Waals surface area contributed by atoms with E-state index in [4.69, 9.17) is 4.74 Å². The third kappa shape index (κ3) is 4.91. The second-order valence-electron chi connectivity index (χ2n) is 8.92. The normalized spacial score (nSPS) is 19.0. The van der Waals surface area contributed by atoms with E-state index in [9.17, 15) is 0 Å². The Balaban J connectivity index is 1.18. The molecule has 8 nitrogen and oxygen atoms in total. The lowest BCUT2D eigenvalue weighted by molar-refractivity contribution is 0.280. The number of imidazole rings is 1. The molecule has 32 heavy (non-hydrogen) atoms. The van der Waals surface area contributed by atoms with Crippen LogP contribution in [0.25, 0.3) is 11.3 Å². The zero-order chi connectivity index (χ0) is 21.8. The summed E-state index contributed by atoms with van der Waals surface area (Å²) in [5, 5.41) is 12.8. The molecule has 3 aromatic rings. The van der Waals surface area contributed by atoms with Crippen LogP contribution in [0, 0.1) is 5.92 Å². The average Bonchev–Trinajstić information content (AvgIpc) is 3.27. The molecule has 3 aromatic heterocycles. The number of hydrogen-bond acceptors (Lipinski definition) is 7. The molecule has 168 valence electrons. The number of nitrogens with zero attached hydrogens (tertiary/aromatic N) is 6. The molecule has 4 heterocycles. The van der Waals surface area contributed by atoms with Crippen LogP contribution in [0.4, 0.5) is 5.82 Å². The fourth-order valence-electron chi connectivity index (χ4n) is 4.44. The van der Waals surface area contributed by atoms with Gasteiger partial charge in [0.25, 0.3) is 0 Å². The lowest BCUT2D eigenvalue weighted by Gasteiger charge is -2.35. The number of rotatable bonds is 8.